The van der Waals surface area contributed by atoms with E-state index >= 15 is 0 Å². The molecule has 0 bridgehead atoms. The molecule has 0 aliphatic heterocycles. The molecule has 0 heterocycles. The smallest absolute Gasteiger partial charge is 0.313 e. The van der Waals surface area contributed by atoms with E-state index in [1.807, 2.05) is 39.0 Å². The molecule has 1 rings (SSSR count). The van der Waals surface area contributed by atoms with Crippen LogP contribution in [0.15, 0.2) is 18.2 Å². The molecule has 2 heteroatoms. The second-order valence-electron chi connectivity index (χ2n) is 4.24. The maximum absolute atomic E-state index is 11.3. The average molecular weight is 206 g/mol. The Morgan fingerprint density at radius 1 is 1.40 bits per heavy atom. The molecule has 0 fully saturated rings. The van der Waals surface area contributed by atoms with Gasteiger partial charge in [-0.2, -0.15) is 0 Å². The van der Waals surface area contributed by atoms with Gasteiger partial charge in [-0.05, 0) is 43.9 Å². The summed E-state index contributed by atoms with van der Waals surface area (Å²) in [5.74, 6) is -0.751. The van der Waals surface area contributed by atoms with E-state index in [-0.39, 0.29) is 0 Å². The predicted octanol–water partition coefficient (Wildman–Crippen LogP) is 3.06. The number of rotatable bonds is 3. The lowest BCUT2D eigenvalue weighted by Crippen LogP contribution is -2.32. The largest absolute Gasteiger partial charge is 0.481 e. The van der Waals surface area contributed by atoms with Crippen LogP contribution < -0.4 is 0 Å². The Labute approximate surface area is 90.9 Å². The van der Waals surface area contributed by atoms with Crippen LogP contribution in [0.2, 0.25) is 0 Å². The minimum atomic E-state index is -0.768. The molecule has 15 heavy (non-hydrogen) atoms. The van der Waals surface area contributed by atoms with Crippen molar-refractivity contribution in [2.75, 3.05) is 0 Å². The van der Waals surface area contributed by atoms with Crippen LogP contribution in [0.3, 0.4) is 0 Å². The van der Waals surface area contributed by atoms with Crippen molar-refractivity contribution in [3.63, 3.8) is 0 Å². The van der Waals surface area contributed by atoms with Gasteiger partial charge in [0.05, 0.1) is 5.41 Å². The molecular formula is C13H18O2. The van der Waals surface area contributed by atoms with Gasteiger partial charge in [0.15, 0.2) is 0 Å². The molecule has 1 aromatic rings. The summed E-state index contributed by atoms with van der Waals surface area (Å²) in [6, 6.07) is 5.85. The molecule has 1 atom stereocenters. The normalized spacial score (nSPS) is 14.7. The summed E-state index contributed by atoms with van der Waals surface area (Å²) in [6.45, 7) is 7.70. The summed E-state index contributed by atoms with van der Waals surface area (Å²) in [5, 5.41) is 9.30. The zero-order valence-electron chi connectivity index (χ0n) is 9.79. The maximum atomic E-state index is 11.3. The van der Waals surface area contributed by atoms with Crippen molar-refractivity contribution in [1.29, 1.82) is 0 Å². The van der Waals surface area contributed by atoms with Gasteiger partial charge in [-0.15, -0.1) is 0 Å². The zero-order valence-corrected chi connectivity index (χ0v) is 9.79. The van der Waals surface area contributed by atoms with E-state index in [9.17, 15) is 9.90 Å². The summed E-state index contributed by atoms with van der Waals surface area (Å²) in [7, 11) is 0. The van der Waals surface area contributed by atoms with Gasteiger partial charge in [-0.3, -0.25) is 4.79 Å². The van der Waals surface area contributed by atoms with Crippen molar-refractivity contribution in [3.05, 3.63) is 34.9 Å². The van der Waals surface area contributed by atoms with Crippen LogP contribution in [0.4, 0.5) is 0 Å². The van der Waals surface area contributed by atoms with Crippen LogP contribution in [0, 0.1) is 13.8 Å². The van der Waals surface area contributed by atoms with Crippen LogP contribution in [-0.2, 0) is 10.2 Å². The fourth-order valence-corrected chi connectivity index (χ4v) is 1.81. The molecule has 0 radical (unpaired) electrons. The summed E-state index contributed by atoms with van der Waals surface area (Å²) < 4.78 is 0. The highest BCUT2D eigenvalue weighted by Gasteiger charge is 2.34. The Morgan fingerprint density at radius 2 is 2.00 bits per heavy atom. The van der Waals surface area contributed by atoms with Crippen molar-refractivity contribution in [3.8, 4) is 0 Å². The lowest BCUT2D eigenvalue weighted by atomic mass is 9.77. The van der Waals surface area contributed by atoms with E-state index in [2.05, 4.69) is 0 Å². The van der Waals surface area contributed by atoms with Gasteiger partial charge in [-0.25, -0.2) is 0 Å². The third-order valence-electron chi connectivity index (χ3n) is 3.38. The second-order valence-corrected chi connectivity index (χ2v) is 4.24. The quantitative estimate of drug-likeness (QED) is 0.825. The number of aliphatic carboxylic acids is 1. The van der Waals surface area contributed by atoms with Crippen LogP contribution in [0.1, 0.15) is 37.0 Å². The van der Waals surface area contributed by atoms with Crippen molar-refractivity contribution < 1.29 is 9.90 Å². The van der Waals surface area contributed by atoms with Gasteiger partial charge >= 0.3 is 5.97 Å². The maximum Gasteiger partial charge on any atom is 0.313 e. The summed E-state index contributed by atoms with van der Waals surface area (Å²) in [4.78, 5) is 11.3. The number of aryl methyl sites for hydroxylation is 1. The number of hydrogen-bond acceptors (Lipinski definition) is 1. The van der Waals surface area contributed by atoms with Crippen LogP contribution in [-0.4, -0.2) is 11.1 Å². The number of benzene rings is 1. The second kappa shape index (κ2) is 4.05. The highest BCUT2D eigenvalue weighted by molar-refractivity contribution is 5.81. The Bertz CT molecular complexity index is 382. The van der Waals surface area contributed by atoms with Crippen molar-refractivity contribution in [2.24, 2.45) is 0 Å². The summed E-state index contributed by atoms with van der Waals surface area (Å²) in [6.07, 6.45) is 0.604. The van der Waals surface area contributed by atoms with Crippen molar-refractivity contribution >= 4 is 5.97 Å². The molecule has 82 valence electrons. The zero-order chi connectivity index (χ0) is 11.6. The first-order valence-electron chi connectivity index (χ1n) is 5.23. The van der Waals surface area contributed by atoms with Crippen molar-refractivity contribution in [2.45, 2.75) is 39.5 Å². The Hall–Kier alpha value is -1.31. The van der Waals surface area contributed by atoms with Crippen molar-refractivity contribution in [1.82, 2.24) is 0 Å². The molecule has 1 unspecified atom stereocenters. The summed E-state index contributed by atoms with van der Waals surface area (Å²) >= 11 is 0. The topological polar surface area (TPSA) is 37.3 Å². The molecule has 2 nitrogen and oxygen atoms in total. The van der Waals surface area contributed by atoms with Gasteiger partial charge in [0.25, 0.3) is 0 Å². The Morgan fingerprint density at radius 3 is 2.47 bits per heavy atom. The van der Waals surface area contributed by atoms with E-state index in [0.29, 0.717) is 6.42 Å². The number of hydrogen-bond donors (Lipinski definition) is 1. The molecule has 0 aliphatic rings. The minimum Gasteiger partial charge on any atom is -0.481 e. The van der Waals surface area contributed by atoms with E-state index < -0.39 is 11.4 Å². The van der Waals surface area contributed by atoms with Gasteiger partial charge in [0.1, 0.15) is 0 Å². The third-order valence-corrected chi connectivity index (χ3v) is 3.38. The van der Waals surface area contributed by atoms with E-state index in [1.54, 1.807) is 6.92 Å². The lowest BCUT2D eigenvalue weighted by molar-refractivity contribution is -0.143. The molecule has 0 amide bonds. The number of carbonyl (C=O) groups is 1. The number of carboxylic acids is 1. The highest BCUT2D eigenvalue weighted by Crippen LogP contribution is 2.31. The van der Waals surface area contributed by atoms with E-state index in [4.69, 9.17) is 0 Å². The molecular weight excluding hydrogens is 188 g/mol. The fraction of sp³-hybridized carbons (Fsp3) is 0.462. The SMILES string of the molecule is CCC(C)(C(=O)O)c1cccc(C)c1C. The molecule has 0 aliphatic carbocycles. The monoisotopic (exact) mass is 206 g/mol. The van der Waals surface area contributed by atoms with Crippen LogP contribution in [0.5, 0.6) is 0 Å². The molecule has 0 saturated heterocycles. The molecule has 1 N–H and O–H groups in total. The molecule has 0 aromatic heterocycles. The average Bonchev–Trinajstić information content (AvgIpc) is 2.20. The standard InChI is InChI=1S/C13H18O2/c1-5-13(4,12(14)15)11-8-6-7-9(2)10(11)3/h6-8H,5H2,1-4H3,(H,14,15). The molecule has 0 saturated carbocycles. The Balaban J connectivity index is 3.37. The lowest BCUT2D eigenvalue weighted by Gasteiger charge is -2.26. The minimum absolute atomic E-state index is 0.604. The van der Waals surface area contributed by atoms with Gasteiger partial charge < -0.3 is 5.11 Å². The summed E-state index contributed by atoms with van der Waals surface area (Å²) in [5.41, 5.74) is 2.39. The van der Waals surface area contributed by atoms with Crippen LogP contribution >= 0.6 is 0 Å². The first kappa shape index (κ1) is 11.8. The Kier molecular flexibility index (Phi) is 3.18. The molecule has 1 aromatic carbocycles. The van der Waals surface area contributed by atoms with Gasteiger partial charge in [-0.1, -0.05) is 25.1 Å². The highest BCUT2D eigenvalue weighted by atomic mass is 16.4. The third kappa shape index (κ3) is 1.89. The van der Waals surface area contributed by atoms with Gasteiger partial charge in [0.2, 0.25) is 0 Å². The van der Waals surface area contributed by atoms with E-state index in [1.165, 1.54) is 0 Å². The fourth-order valence-electron chi connectivity index (χ4n) is 1.81. The first-order valence-corrected chi connectivity index (χ1v) is 5.23. The van der Waals surface area contributed by atoms with Gasteiger partial charge in [0, 0.05) is 0 Å². The van der Waals surface area contributed by atoms with E-state index in [0.717, 1.165) is 16.7 Å². The molecule has 0 spiro atoms. The predicted molar refractivity (Wildman–Crippen MR) is 61.2 cm³/mol. The number of carboxylic acid groups (broad SMARTS) is 1. The van der Waals surface area contributed by atoms with Crippen LogP contribution in [0.25, 0.3) is 0 Å². The first-order chi connectivity index (χ1) is 6.93.